The lowest BCUT2D eigenvalue weighted by Crippen LogP contribution is -2.26. The molecule has 0 heterocycles. The molecule has 0 aliphatic heterocycles. The van der Waals surface area contributed by atoms with Crippen molar-refractivity contribution < 1.29 is 28.9 Å². The lowest BCUT2D eigenvalue weighted by molar-refractivity contribution is -0.385. The van der Waals surface area contributed by atoms with Gasteiger partial charge in [-0.1, -0.05) is 0 Å². The molecule has 0 aliphatic rings. The van der Waals surface area contributed by atoms with Crippen molar-refractivity contribution >= 4 is 23.3 Å². The van der Waals surface area contributed by atoms with Crippen molar-refractivity contribution in [1.29, 1.82) is 0 Å². The molecule has 0 aliphatic carbocycles. The summed E-state index contributed by atoms with van der Waals surface area (Å²) in [5, 5.41) is 23.9. The Balaban J connectivity index is 1.83. The van der Waals surface area contributed by atoms with Gasteiger partial charge in [-0.2, -0.15) is 0 Å². The number of rotatable bonds is 9. The molecule has 0 bridgehead atoms. The second kappa shape index (κ2) is 9.78. The normalized spacial score (nSPS) is 10.1. The van der Waals surface area contributed by atoms with E-state index in [0.717, 1.165) is 0 Å². The van der Waals surface area contributed by atoms with Crippen LogP contribution in [0, 0.1) is 20.2 Å². The molecule has 29 heavy (non-hydrogen) atoms. The third kappa shape index (κ3) is 5.99. The van der Waals surface area contributed by atoms with Crippen molar-refractivity contribution in [3.05, 3.63) is 73.8 Å². The van der Waals surface area contributed by atoms with Crippen LogP contribution in [0.25, 0.3) is 0 Å². The first-order valence-electron chi connectivity index (χ1n) is 8.31. The molecule has 11 heteroatoms. The average Bonchev–Trinajstić information content (AvgIpc) is 2.71. The van der Waals surface area contributed by atoms with Gasteiger partial charge in [-0.25, -0.2) is 0 Å². The number of non-ortho nitro benzene ring substituents is 2. The Morgan fingerprint density at radius 1 is 1.00 bits per heavy atom. The van der Waals surface area contributed by atoms with E-state index in [1.54, 1.807) is 0 Å². The van der Waals surface area contributed by atoms with Gasteiger partial charge >= 0.3 is 5.97 Å². The highest BCUT2D eigenvalue weighted by Gasteiger charge is 2.14. The SMILES string of the molecule is COc1ccc([N+](=O)[O-])cc1COC(=O)CCNC(=O)c1ccc([N+](=O)[O-])cc1. The molecule has 11 nitrogen and oxygen atoms in total. The molecule has 0 fully saturated rings. The quantitative estimate of drug-likeness (QED) is 0.381. The van der Waals surface area contributed by atoms with Crippen molar-refractivity contribution in [3.63, 3.8) is 0 Å². The van der Waals surface area contributed by atoms with Crippen LogP contribution in [0.4, 0.5) is 11.4 Å². The summed E-state index contributed by atoms with van der Waals surface area (Å²) in [7, 11) is 1.39. The molecule has 0 unspecified atom stereocenters. The number of nitro benzene ring substituents is 2. The van der Waals surface area contributed by atoms with E-state index < -0.39 is 21.7 Å². The van der Waals surface area contributed by atoms with E-state index in [4.69, 9.17) is 9.47 Å². The number of ether oxygens (including phenoxy) is 2. The number of amides is 1. The molecule has 0 atom stereocenters. The van der Waals surface area contributed by atoms with Crippen LogP contribution < -0.4 is 10.1 Å². The van der Waals surface area contributed by atoms with E-state index >= 15 is 0 Å². The predicted molar refractivity (Wildman–Crippen MR) is 99.5 cm³/mol. The Labute approximate surface area is 164 Å². The van der Waals surface area contributed by atoms with Gasteiger partial charge in [-0.15, -0.1) is 0 Å². The second-order valence-electron chi connectivity index (χ2n) is 5.72. The van der Waals surface area contributed by atoms with Gasteiger partial charge in [-0.05, 0) is 18.2 Å². The topological polar surface area (TPSA) is 151 Å². The van der Waals surface area contributed by atoms with Crippen molar-refractivity contribution in [2.75, 3.05) is 13.7 Å². The molecular formula is C18H17N3O8. The highest BCUT2D eigenvalue weighted by atomic mass is 16.6. The zero-order valence-electron chi connectivity index (χ0n) is 15.3. The maximum absolute atomic E-state index is 12.0. The van der Waals surface area contributed by atoms with E-state index in [-0.39, 0.29) is 36.5 Å². The van der Waals surface area contributed by atoms with Gasteiger partial charge in [0.1, 0.15) is 12.4 Å². The summed E-state index contributed by atoms with van der Waals surface area (Å²) in [6.07, 6.45) is -0.129. The van der Waals surface area contributed by atoms with Gasteiger partial charge in [0.25, 0.3) is 17.3 Å². The number of nitro groups is 2. The van der Waals surface area contributed by atoms with Crippen LogP contribution in [0.5, 0.6) is 5.75 Å². The van der Waals surface area contributed by atoms with E-state index in [0.29, 0.717) is 11.3 Å². The molecule has 0 radical (unpaired) electrons. The molecule has 152 valence electrons. The number of carbonyl (C=O) groups is 2. The fourth-order valence-corrected chi connectivity index (χ4v) is 2.34. The highest BCUT2D eigenvalue weighted by Crippen LogP contribution is 2.24. The van der Waals surface area contributed by atoms with Crippen molar-refractivity contribution in [2.45, 2.75) is 13.0 Å². The minimum atomic E-state index is -0.623. The number of carbonyl (C=O) groups excluding carboxylic acids is 2. The van der Waals surface area contributed by atoms with Crippen LogP contribution in [0.1, 0.15) is 22.3 Å². The van der Waals surface area contributed by atoms with Gasteiger partial charge in [-0.3, -0.25) is 29.8 Å². The molecule has 2 aromatic rings. The molecule has 0 saturated carbocycles. The largest absolute Gasteiger partial charge is 0.496 e. The van der Waals surface area contributed by atoms with Crippen LogP contribution in [0.3, 0.4) is 0 Å². The number of hydrogen-bond acceptors (Lipinski definition) is 8. The molecular weight excluding hydrogens is 386 g/mol. The van der Waals surface area contributed by atoms with E-state index in [1.807, 2.05) is 0 Å². The van der Waals surface area contributed by atoms with Crippen LogP contribution in [0.2, 0.25) is 0 Å². The average molecular weight is 403 g/mol. The van der Waals surface area contributed by atoms with E-state index in [1.165, 1.54) is 49.6 Å². The number of hydrogen-bond donors (Lipinski definition) is 1. The molecule has 0 saturated heterocycles. The molecule has 0 aromatic heterocycles. The Bertz CT molecular complexity index is 927. The summed E-state index contributed by atoms with van der Waals surface area (Å²) in [6, 6.07) is 8.96. The van der Waals surface area contributed by atoms with Crippen LogP contribution in [-0.4, -0.2) is 35.4 Å². The van der Waals surface area contributed by atoms with Gasteiger partial charge < -0.3 is 14.8 Å². The maximum Gasteiger partial charge on any atom is 0.307 e. The summed E-state index contributed by atoms with van der Waals surface area (Å²) in [6.45, 7) is -0.235. The number of nitrogens with one attached hydrogen (secondary N) is 1. The minimum absolute atomic E-state index is 0.0132. The van der Waals surface area contributed by atoms with Crippen LogP contribution in [0.15, 0.2) is 42.5 Å². The Kier molecular flexibility index (Phi) is 7.18. The zero-order valence-corrected chi connectivity index (χ0v) is 15.3. The van der Waals surface area contributed by atoms with Crippen molar-refractivity contribution in [1.82, 2.24) is 5.32 Å². The van der Waals surface area contributed by atoms with Crippen LogP contribution in [-0.2, 0) is 16.1 Å². The second-order valence-corrected chi connectivity index (χ2v) is 5.72. The van der Waals surface area contributed by atoms with E-state index in [2.05, 4.69) is 5.32 Å². The Morgan fingerprint density at radius 3 is 2.21 bits per heavy atom. The first kappa shape index (κ1) is 21.3. The summed E-state index contributed by atoms with van der Waals surface area (Å²) < 4.78 is 10.2. The summed E-state index contributed by atoms with van der Waals surface area (Å²) in [5.74, 6) is -0.773. The summed E-state index contributed by atoms with van der Waals surface area (Å²) in [5.41, 5.74) is 0.254. The third-order valence-corrected chi connectivity index (χ3v) is 3.82. The highest BCUT2D eigenvalue weighted by molar-refractivity contribution is 5.94. The first-order valence-corrected chi connectivity index (χ1v) is 8.31. The number of benzene rings is 2. The maximum atomic E-state index is 12.0. The Hall–Kier alpha value is -4.02. The van der Waals surface area contributed by atoms with Crippen LogP contribution >= 0.6 is 0 Å². The first-order chi connectivity index (χ1) is 13.8. The van der Waals surface area contributed by atoms with Crippen molar-refractivity contribution in [2.24, 2.45) is 0 Å². The number of esters is 1. The third-order valence-electron chi connectivity index (χ3n) is 3.82. The Morgan fingerprint density at radius 2 is 1.62 bits per heavy atom. The van der Waals surface area contributed by atoms with Gasteiger partial charge in [0.15, 0.2) is 0 Å². The standard InChI is InChI=1S/C18H17N3O8/c1-28-16-7-6-15(21(26)27)10-13(16)11-29-17(22)8-9-19-18(23)12-2-4-14(5-3-12)20(24)25/h2-7,10H,8-9,11H2,1H3,(H,19,23). The smallest absolute Gasteiger partial charge is 0.307 e. The summed E-state index contributed by atoms with van der Waals surface area (Å²) in [4.78, 5) is 44.1. The fraction of sp³-hybridized carbons (Fsp3) is 0.222. The van der Waals surface area contributed by atoms with Gasteiger partial charge in [0, 0.05) is 41.9 Å². The van der Waals surface area contributed by atoms with Gasteiger partial charge in [0.05, 0.1) is 23.4 Å². The van der Waals surface area contributed by atoms with E-state index in [9.17, 15) is 29.8 Å². The minimum Gasteiger partial charge on any atom is -0.496 e. The van der Waals surface area contributed by atoms with Gasteiger partial charge in [0.2, 0.25) is 0 Å². The molecule has 0 spiro atoms. The lowest BCUT2D eigenvalue weighted by atomic mass is 10.2. The molecule has 1 N–H and O–H groups in total. The lowest BCUT2D eigenvalue weighted by Gasteiger charge is -2.10. The fourth-order valence-electron chi connectivity index (χ4n) is 2.34. The molecule has 1 amide bonds. The molecule has 2 aromatic carbocycles. The summed E-state index contributed by atoms with van der Waals surface area (Å²) >= 11 is 0. The zero-order chi connectivity index (χ0) is 21.4. The number of nitrogens with zero attached hydrogens (tertiary/aromatic N) is 2. The molecule has 2 rings (SSSR count). The predicted octanol–water partition coefficient (Wildman–Crippen LogP) is 2.37. The van der Waals surface area contributed by atoms with Crippen molar-refractivity contribution in [3.8, 4) is 5.75 Å². The number of methoxy groups -OCH3 is 1. The monoisotopic (exact) mass is 403 g/mol.